The second kappa shape index (κ2) is 9.15. The molecule has 3 aliphatic rings. The van der Waals surface area contributed by atoms with E-state index in [-0.39, 0.29) is 5.75 Å². The number of benzene rings is 3. The molecule has 0 amide bonds. The predicted molar refractivity (Wildman–Crippen MR) is 147 cm³/mol. The summed E-state index contributed by atoms with van der Waals surface area (Å²) in [5, 5.41) is 17.2. The molecule has 0 radical (unpaired) electrons. The zero-order valence-electron chi connectivity index (χ0n) is 21.2. The molecule has 7 nitrogen and oxygen atoms in total. The number of anilines is 1. The van der Waals surface area contributed by atoms with Crippen LogP contribution in [0.3, 0.4) is 0 Å². The van der Waals surface area contributed by atoms with E-state index in [2.05, 4.69) is 46.4 Å². The fourth-order valence-corrected chi connectivity index (χ4v) is 6.54. The average Bonchev–Trinajstić information content (AvgIpc) is 3.43. The van der Waals surface area contributed by atoms with Gasteiger partial charge in [0.1, 0.15) is 18.2 Å². The molecule has 3 aromatic carbocycles. The van der Waals surface area contributed by atoms with E-state index < -0.39 is 0 Å². The number of ether oxygens (including phenoxy) is 1. The molecule has 3 fully saturated rings. The number of piperazine rings is 1. The first-order valence-corrected chi connectivity index (χ1v) is 13.5. The van der Waals surface area contributed by atoms with Crippen molar-refractivity contribution in [2.75, 3.05) is 38.2 Å². The van der Waals surface area contributed by atoms with Crippen molar-refractivity contribution in [2.24, 2.45) is 0 Å². The van der Waals surface area contributed by atoms with Crippen LogP contribution in [-0.2, 0) is 0 Å². The Morgan fingerprint density at radius 3 is 2.62 bits per heavy atom. The summed E-state index contributed by atoms with van der Waals surface area (Å²) in [7, 11) is 2.16. The maximum atomic E-state index is 10.4. The normalized spacial score (nSPS) is 23.8. The third-order valence-corrected chi connectivity index (χ3v) is 8.51. The van der Waals surface area contributed by atoms with Gasteiger partial charge in [-0.1, -0.05) is 30.3 Å². The van der Waals surface area contributed by atoms with Crippen molar-refractivity contribution in [2.45, 2.75) is 43.8 Å². The first-order valence-electron chi connectivity index (χ1n) is 13.5. The predicted octanol–water partition coefficient (Wildman–Crippen LogP) is 4.57. The largest absolute Gasteiger partial charge is 0.508 e. The zero-order valence-corrected chi connectivity index (χ0v) is 21.2. The Hall–Kier alpha value is -3.42. The van der Waals surface area contributed by atoms with Gasteiger partial charge in [-0.25, -0.2) is 0 Å². The lowest BCUT2D eigenvalue weighted by Gasteiger charge is -2.37. The van der Waals surface area contributed by atoms with Crippen LogP contribution in [-0.4, -0.2) is 71.4 Å². The van der Waals surface area contributed by atoms with Gasteiger partial charge >= 0.3 is 6.01 Å². The number of likely N-dealkylation sites (tertiary alicyclic amines) is 1. The van der Waals surface area contributed by atoms with E-state index in [1.807, 2.05) is 30.3 Å². The van der Waals surface area contributed by atoms with Gasteiger partial charge in [0, 0.05) is 36.6 Å². The molecule has 0 aliphatic carbocycles. The summed E-state index contributed by atoms with van der Waals surface area (Å²) in [5.41, 5.74) is 2.89. The summed E-state index contributed by atoms with van der Waals surface area (Å²) >= 11 is 0. The molecule has 7 rings (SSSR count). The van der Waals surface area contributed by atoms with Crippen molar-refractivity contribution in [3.05, 3.63) is 54.6 Å². The van der Waals surface area contributed by atoms with Crippen LogP contribution in [0.1, 0.15) is 25.7 Å². The standard InChI is InChI=1S/C30H33N5O2/c1-34-12-4-6-23(34)18-37-30-32-28-14-20(27-15-24(36)13-19-5-2-3-7-25(19)27)8-11-26(28)29(33-30)35-21-9-10-22(35)17-31-16-21/h2-3,5,7-8,11,13-15,21-23,31,36H,4,6,9-10,12,16-18H2,1H3/t21-,22+,23-/m0/s1. The molecular weight excluding hydrogens is 462 g/mol. The lowest BCUT2D eigenvalue weighted by atomic mass is 9.97. The van der Waals surface area contributed by atoms with Crippen LogP contribution in [0.2, 0.25) is 0 Å². The van der Waals surface area contributed by atoms with E-state index in [9.17, 15) is 5.11 Å². The number of fused-ring (bicyclic) bond motifs is 4. The van der Waals surface area contributed by atoms with Crippen molar-refractivity contribution in [1.82, 2.24) is 20.2 Å². The van der Waals surface area contributed by atoms with Crippen LogP contribution in [0.4, 0.5) is 5.82 Å². The van der Waals surface area contributed by atoms with Gasteiger partial charge in [-0.3, -0.25) is 0 Å². The van der Waals surface area contributed by atoms with Crippen LogP contribution < -0.4 is 15.0 Å². The Labute approximate surface area is 217 Å². The number of nitrogens with one attached hydrogen (secondary N) is 1. The molecule has 3 saturated heterocycles. The van der Waals surface area contributed by atoms with E-state index in [1.165, 1.54) is 19.3 Å². The Kier molecular flexibility index (Phi) is 5.63. The van der Waals surface area contributed by atoms with Crippen molar-refractivity contribution in [1.29, 1.82) is 0 Å². The lowest BCUT2D eigenvalue weighted by Crippen LogP contribution is -2.52. The van der Waals surface area contributed by atoms with Gasteiger partial charge in [-0.2, -0.15) is 9.97 Å². The third-order valence-electron chi connectivity index (χ3n) is 8.51. The van der Waals surface area contributed by atoms with Crippen molar-refractivity contribution in [3.8, 4) is 22.9 Å². The molecular formula is C30H33N5O2. The monoisotopic (exact) mass is 495 g/mol. The van der Waals surface area contributed by atoms with Crippen LogP contribution in [0.15, 0.2) is 54.6 Å². The minimum Gasteiger partial charge on any atom is -0.508 e. The SMILES string of the molecule is CN1CCC[C@H]1COc1nc(N2[C@@H]3CC[C@H]2CNC3)c2ccc(-c3cc(O)cc4ccccc34)cc2n1. The van der Waals surface area contributed by atoms with Gasteiger partial charge in [0.25, 0.3) is 0 Å². The molecule has 0 unspecified atom stereocenters. The molecule has 0 spiro atoms. The molecule has 0 saturated carbocycles. The fourth-order valence-electron chi connectivity index (χ4n) is 6.54. The summed E-state index contributed by atoms with van der Waals surface area (Å²) in [6.07, 6.45) is 4.71. The number of hydrogen-bond acceptors (Lipinski definition) is 7. The Morgan fingerprint density at radius 1 is 0.973 bits per heavy atom. The molecule has 190 valence electrons. The molecule has 4 heterocycles. The Morgan fingerprint density at radius 2 is 1.81 bits per heavy atom. The first-order chi connectivity index (χ1) is 18.1. The Bertz CT molecular complexity index is 1460. The number of rotatable bonds is 5. The van der Waals surface area contributed by atoms with Crippen molar-refractivity contribution in [3.63, 3.8) is 0 Å². The van der Waals surface area contributed by atoms with Gasteiger partial charge in [0.2, 0.25) is 0 Å². The molecule has 2 bridgehead atoms. The minimum absolute atomic E-state index is 0.263. The number of phenolic OH excluding ortho intramolecular Hbond substituents is 1. The maximum absolute atomic E-state index is 10.4. The second-order valence-electron chi connectivity index (χ2n) is 10.8. The van der Waals surface area contributed by atoms with Gasteiger partial charge in [-0.05, 0) is 85.4 Å². The summed E-state index contributed by atoms with van der Waals surface area (Å²) in [6, 6.07) is 20.0. The minimum atomic E-state index is 0.263. The first kappa shape index (κ1) is 22.8. The van der Waals surface area contributed by atoms with Gasteiger partial charge in [0.15, 0.2) is 0 Å². The van der Waals surface area contributed by atoms with Crippen LogP contribution in [0.5, 0.6) is 11.8 Å². The number of aromatic hydroxyl groups is 1. The lowest BCUT2D eigenvalue weighted by molar-refractivity contribution is 0.188. The highest BCUT2D eigenvalue weighted by Crippen LogP contribution is 2.39. The summed E-state index contributed by atoms with van der Waals surface area (Å²) < 4.78 is 6.28. The van der Waals surface area contributed by atoms with Crippen molar-refractivity contribution >= 4 is 27.5 Å². The summed E-state index contributed by atoms with van der Waals surface area (Å²) in [4.78, 5) is 14.8. The third kappa shape index (κ3) is 4.06. The molecule has 2 N–H and O–H groups in total. The van der Waals surface area contributed by atoms with Crippen LogP contribution in [0.25, 0.3) is 32.8 Å². The van der Waals surface area contributed by atoms with E-state index in [0.29, 0.717) is 30.7 Å². The summed E-state index contributed by atoms with van der Waals surface area (Å²) in [5.74, 6) is 1.25. The summed E-state index contributed by atoms with van der Waals surface area (Å²) in [6.45, 7) is 3.69. The van der Waals surface area contributed by atoms with Gasteiger partial charge < -0.3 is 25.0 Å². The molecule has 7 heteroatoms. The van der Waals surface area contributed by atoms with E-state index in [0.717, 1.165) is 64.7 Å². The number of nitrogens with zero attached hydrogens (tertiary/aromatic N) is 4. The molecule has 37 heavy (non-hydrogen) atoms. The van der Waals surface area contributed by atoms with E-state index in [1.54, 1.807) is 0 Å². The van der Waals surface area contributed by atoms with Gasteiger partial charge in [0.05, 0.1) is 5.52 Å². The highest BCUT2D eigenvalue weighted by molar-refractivity contribution is 6.01. The molecule has 1 aromatic heterocycles. The Balaban J connectivity index is 1.34. The quantitative estimate of drug-likeness (QED) is 0.420. The zero-order chi connectivity index (χ0) is 24.9. The highest BCUT2D eigenvalue weighted by Gasteiger charge is 2.38. The molecule has 3 aliphatic heterocycles. The number of hydrogen-bond donors (Lipinski definition) is 2. The van der Waals surface area contributed by atoms with Crippen LogP contribution >= 0.6 is 0 Å². The number of aromatic nitrogens is 2. The molecule has 4 aromatic rings. The maximum Gasteiger partial charge on any atom is 0.319 e. The fraction of sp³-hybridized carbons (Fsp3) is 0.400. The van der Waals surface area contributed by atoms with Crippen molar-refractivity contribution < 1.29 is 9.84 Å². The topological polar surface area (TPSA) is 73.8 Å². The number of phenols is 1. The van der Waals surface area contributed by atoms with E-state index >= 15 is 0 Å². The average molecular weight is 496 g/mol. The highest BCUT2D eigenvalue weighted by atomic mass is 16.5. The van der Waals surface area contributed by atoms with E-state index in [4.69, 9.17) is 14.7 Å². The molecule has 3 atom stereocenters. The number of likely N-dealkylation sites (N-methyl/N-ethyl adjacent to an activating group) is 1. The van der Waals surface area contributed by atoms with Gasteiger partial charge in [-0.15, -0.1) is 0 Å². The smallest absolute Gasteiger partial charge is 0.319 e. The second-order valence-corrected chi connectivity index (χ2v) is 10.8. The van der Waals surface area contributed by atoms with Crippen LogP contribution in [0, 0.1) is 0 Å².